The van der Waals surface area contributed by atoms with E-state index >= 15 is 0 Å². The number of carboxylic acids is 1. The first kappa shape index (κ1) is 30.7. The zero-order valence-electron chi connectivity index (χ0n) is 20.9. The summed E-state index contributed by atoms with van der Waals surface area (Å²) in [6.07, 6.45) is 3.57. The largest absolute Gasteiger partial charge is 0.490 e. The molecular weight excluding hydrogens is 480 g/mol. The van der Waals surface area contributed by atoms with E-state index in [1.54, 1.807) is 30.3 Å². The maximum Gasteiger partial charge on any atom is 0.326 e. The van der Waals surface area contributed by atoms with E-state index in [1.165, 1.54) is 13.0 Å². The highest BCUT2D eigenvalue weighted by molar-refractivity contribution is 5.93. The smallest absolute Gasteiger partial charge is 0.326 e. The third-order valence-corrected chi connectivity index (χ3v) is 5.02. The van der Waals surface area contributed by atoms with Gasteiger partial charge < -0.3 is 37.3 Å². The van der Waals surface area contributed by atoms with E-state index in [9.17, 15) is 24.3 Å². The molecule has 0 aliphatic carbocycles. The number of amides is 3. The summed E-state index contributed by atoms with van der Waals surface area (Å²) < 4.78 is 5.45. The molecule has 0 bridgehead atoms. The molecule has 12 nitrogen and oxygen atoms in total. The number of carbonyl (C=O) groups is 4. The lowest BCUT2D eigenvalue weighted by Crippen LogP contribution is -2.56. The van der Waals surface area contributed by atoms with Gasteiger partial charge >= 0.3 is 5.97 Å². The summed E-state index contributed by atoms with van der Waals surface area (Å²) in [5, 5.41) is 17.0. The van der Waals surface area contributed by atoms with Gasteiger partial charge in [-0.05, 0) is 37.0 Å². The van der Waals surface area contributed by atoms with Crippen molar-refractivity contribution >= 4 is 29.7 Å². The van der Waals surface area contributed by atoms with Crippen molar-refractivity contribution in [2.75, 3.05) is 13.2 Å². The molecular formula is C25H36N6O6. The number of nitrogens with two attached hydrogens (primary N) is 2. The van der Waals surface area contributed by atoms with E-state index in [-0.39, 0.29) is 31.8 Å². The molecule has 0 aliphatic heterocycles. The molecule has 0 spiro atoms. The number of guanidine groups is 1. The topological polar surface area (TPSA) is 198 Å². The molecule has 3 amide bonds. The number of nitrogens with zero attached hydrogens (tertiary/aromatic N) is 1. The summed E-state index contributed by atoms with van der Waals surface area (Å²) >= 11 is 0. The van der Waals surface area contributed by atoms with Crippen LogP contribution in [0.4, 0.5) is 0 Å². The van der Waals surface area contributed by atoms with Crippen LogP contribution in [-0.4, -0.2) is 66.0 Å². The van der Waals surface area contributed by atoms with Gasteiger partial charge in [-0.2, -0.15) is 0 Å². The predicted molar refractivity (Wildman–Crippen MR) is 140 cm³/mol. The average Bonchev–Trinajstić information content (AvgIpc) is 2.84. The molecule has 0 saturated carbocycles. The molecule has 202 valence electrons. The zero-order chi connectivity index (χ0) is 27.8. The standard InChI is InChI=1S/C25H36N6O6/c1-4-7-20(24(35)36)31-22(33)19(8-6-13-28-25(26)27)30-23(34)21(29-16(3)32)15-17-9-11-18(12-10-17)37-14-5-2/h4-5,9-12,19-21H,1-2,6-8,13-15H2,3H3,(H,29,32)(H,30,34)(H,31,33)(H,35,36)(H4,26,27,28)/t19-,20-,21-/m0/s1. The number of benzene rings is 1. The van der Waals surface area contributed by atoms with Crippen LogP contribution in [0.25, 0.3) is 0 Å². The van der Waals surface area contributed by atoms with Gasteiger partial charge in [0.2, 0.25) is 17.7 Å². The van der Waals surface area contributed by atoms with E-state index in [0.29, 0.717) is 18.8 Å². The molecule has 1 aromatic carbocycles. The van der Waals surface area contributed by atoms with Crippen molar-refractivity contribution in [3.05, 3.63) is 55.1 Å². The van der Waals surface area contributed by atoms with Gasteiger partial charge in [-0.1, -0.05) is 30.9 Å². The first-order valence-electron chi connectivity index (χ1n) is 11.7. The number of aliphatic imine (C=N–C) groups is 1. The summed E-state index contributed by atoms with van der Waals surface area (Å²) in [5.74, 6) is -2.48. The molecule has 0 aliphatic rings. The maximum absolute atomic E-state index is 13.2. The van der Waals surface area contributed by atoms with Crippen LogP contribution in [0.1, 0.15) is 31.7 Å². The number of nitrogens with one attached hydrogen (secondary N) is 3. The molecule has 0 radical (unpaired) electrons. The molecule has 0 heterocycles. The van der Waals surface area contributed by atoms with Crippen molar-refractivity contribution in [2.45, 2.75) is 50.7 Å². The van der Waals surface area contributed by atoms with Gasteiger partial charge in [0.25, 0.3) is 0 Å². The van der Waals surface area contributed by atoms with Gasteiger partial charge in [0.05, 0.1) is 0 Å². The van der Waals surface area contributed by atoms with Crippen LogP contribution in [0.3, 0.4) is 0 Å². The molecule has 12 heteroatoms. The fourth-order valence-electron chi connectivity index (χ4n) is 3.27. The normalized spacial score (nSPS) is 12.7. The highest BCUT2D eigenvalue weighted by Crippen LogP contribution is 2.14. The van der Waals surface area contributed by atoms with E-state index in [2.05, 4.69) is 34.1 Å². The Kier molecular flexibility index (Phi) is 13.6. The number of aliphatic carboxylic acids is 1. The summed E-state index contributed by atoms with van der Waals surface area (Å²) in [6, 6.07) is 3.67. The minimum Gasteiger partial charge on any atom is -0.490 e. The number of hydrogen-bond donors (Lipinski definition) is 6. The van der Waals surface area contributed by atoms with Crippen LogP contribution in [-0.2, 0) is 25.6 Å². The summed E-state index contributed by atoms with van der Waals surface area (Å²) in [4.78, 5) is 53.2. The van der Waals surface area contributed by atoms with Gasteiger partial charge in [-0.25, -0.2) is 4.79 Å². The number of rotatable bonds is 17. The number of hydrogen-bond acceptors (Lipinski definition) is 6. The molecule has 1 aromatic rings. The number of ether oxygens (including phenoxy) is 1. The molecule has 0 aromatic heterocycles. The quantitative estimate of drug-likeness (QED) is 0.0718. The van der Waals surface area contributed by atoms with Crippen LogP contribution in [0.15, 0.2) is 54.6 Å². The van der Waals surface area contributed by atoms with Crippen molar-refractivity contribution in [3.63, 3.8) is 0 Å². The Labute approximate surface area is 216 Å². The van der Waals surface area contributed by atoms with Crippen LogP contribution in [0.5, 0.6) is 5.75 Å². The first-order chi connectivity index (χ1) is 17.6. The number of carbonyl (C=O) groups excluding carboxylic acids is 3. The van der Waals surface area contributed by atoms with E-state index in [4.69, 9.17) is 16.2 Å². The van der Waals surface area contributed by atoms with E-state index in [0.717, 1.165) is 5.56 Å². The first-order valence-corrected chi connectivity index (χ1v) is 11.7. The fourth-order valence-corrected chi connectivity index (χ4v) is 3.27. The predicted octanol–water partition coefficient (Wildman–Crippen LogP) is -0.0175. The Bertz CT molecular complexity index is 974. The minimum absolute atomic E-state index is 0.00321. The third-order valence-electron chi connectivity index (χ3n) is 5.02. The average molecular weight is 517 g/mol. The van der Waals surface area contributed by atoms with Crippen LogP contribution in [0.2, 0.25) is 0 Å². The maximum atomic E-state index is 13.2. The van der Waals surface area contributed by atoms with Gasteiger partial charge in [0.15, 0.2) is 5.96 Å². The Morgan fingerprint density at radius 2 is 1.62 bits per heavy atom. The Morgan fingerprint density at radius 1 is 1.00 bits per heavy atom. The minimum atomic E-state index is -1.24. The van der Waals surface area contributed by atoms with Crippen molar-refractivity contribution in [3.8, 4) is 5.75 Å². The Hall–Kier alpha value is -4.35. The van der Waals surface area contributed by atoms with E-state index in [1.807, 2.05) is 0 Å². The fraction of sp³-hybridized carbons (Fsp3) is 0.400. The second kappa shape index (κ2) is 16.3. The molecule has 0 fully saturated rings. The third kappa shape index (κ3) is 12.3. The molecule has 0 unspecified atom stereocenters. The van der Waals surface area contributed by atoms with Crippen LogP contribution < -0.4 is 32.2 Å². The summed E-state index contributed by atoms with van der Waals surface area (Å²) in [7, 11) is 0. The molecule has 8 N–H and O–H groups in total. The highest BCUT2D eigenvalue weighted by Gasteiger charge is 2.28. The molecule has 3 atom stereocenters. The van der Waals surface area contributed by atoms with E-state index < -0.39 is 41.8 Å². The molecule has 0 saturated heterocycles. The van der Waals surface area contributed by atoms with Gasteiger partial charge in [0.1, 0.15) is 30.5 Å². The number of carboxylic acid groups (broad SMARTS) is 1. The molecule has 1 rings (SSSR count). The Balaban J connectivity index is 3.03. The van der Waals surface area contributed by atoms with Crippen molar-refractivity contribution < 1.29 is 29.0 Å². The van der Waals surface area contributed by atoms with Crippen molar-refractivity contribution in [1.82, 2.24) is 16.0 Å². The summed E-state index contributed by atoms with van der Waals surface area (Å²) in [6.45, 7) is 8.91. The van der Waals surface area contributed by atoms with Gasteiger partial charge in [-0.15, -0.1) is 6.58 Å². The second-order valence-corrected chi connectivity index (χ2v) is 8.13. The van der Waals surface area contributed by atoms with Gasteiger partial charge in [-0.3, -0.25) is 19.4 Å². The molecule has 37 heavy (non-hydrogen) atoms. The van der Waals surface area contributed by atoms with Crippen LogP contribution in [0, 0.1) is 0 Å². The lowest BCUT2D eigenvalue weighted by molar-refractivity contribution is -0.142. The monoisotopic (exact) mass is 516 g/mol. The lowest BCUT2D eigenvalue weighted by Gasteiger charge is -2.24. The van der Waals surface area contributed by atoms with Crippen molar-refractivity contribution in [2.24, 2.45) is 16.5 Å². The summed E-state index contributed by atoms with van der Waals surface area (Å²) in [5.41, 5.74) is 11.4. The zero-order valence-corrected chi connectivity index (χ0v) is 20.9. The SMILES string of the molecule is C=CCOc1ccc(C[C@H](NC(C)=O)C(=O)N[C@@H](CCCN=C(N)N)C(=O)N[C@@H](CC=C)C(=O)O)cc1. The van der Waals surface area contributed by atoms with Crippen molar-refractivity contribution in [1.29, 1.82) is 0 Å². The lowest BCUT2D eigenvalue weighted by atomic mass is 10.0. The Morgan fingerprint density at radius 3 is 2.16 bits per heavy atom. The highest BCUT2D eigenvalue weighted by atomic mass is 16.5. The second-order valence-electron chi connectivity index (χ2n) is 8.13. The van der Waals surface area contributed by atoms with Crippen LogP contribution >= 0.6 is 0 Å². The van der Waals surface area contributed by atoms with Gasteiger partial charge in [0, 0.05) is 19.9 Å².